The van der Waals surface area contributed by atoms with Crippen molar-refractivity contribution in [1.29, 1.82) is 0 Å². The molecule has 1 fully saturated rings. The number of rotatable bonds is 6. The smallest absolute Gasteiger partial charge is 0.429 e. The van der Waals surface area contributed by atoms with Crippen LogP contribution in [-0.2, 0) is 20.7 Å². The Bertz CT molecular complexity index is 605. The third-order valence-corrected chi connectivity index (χ3v) is 4.03. The highest BCUT2D eigenvalue weighted by Gasteiger charge is 2.32. The molecule has 0 aliphatic carbocycles. The molecule has 0 unspecified atom stereocenters. The molecule has 2 amide bonds. The maximum absolute atomic E-state index is 12.5. The molecule has 1 aliphatic rings. The van der Waals surface area contributed by atoms with Crippen molar-refractivity contribution in [3.8, 4) is 0 Å². The van der Waals surface area contributed by atoms with Gasteiger partial charge in [0.1, 0.15) is 0 Å². The SMILES string of the molecule is CCCC(=O)N1CCCCN1C(=O)O[C@@H](Cc1ccccc1)C(=O)O. The van der Waals surface area contributed by atoms with Crippen molar-refractivity contribution >= 4 is 18.0 Å². The highest BCUT2D eigenvalue weighted by Crippen LogP contribution is 2.16. The van der Waals surface area contributed by atoms with Gasteiger partial charge in [-0.15, -0.1) is 0 Å². The Morgan fingerprint density at radius 3 is 2.36 bits per heavy atom. The lowest BCUT2D eigenvalue weighted by Crippen LogP contribution is -2.54. The zero-order valence-electron chi connectivity index (χ0n) is 14.4. The fourth-order valence-electron chi connectivity index (χ4n) is 2.75. The Kier molecular flexibility index (Phi) is 6.80. The topological polar surface area (TPSA) is 87.2 Å². The Hall–Kier alpha value is -2.57. The Morgan fingerprint density at radius 2 is 1.76 bits per heavy atom. The highest BCUT2D eigenvalue weighted by atomic mass is 16.6. The second-order valence-corrected chi connectivity index (χ2v) is 6.00. The molecule has 25 heavy (non-hydrogen) atoms. The number of carboxylic acids is 1. The molecular formula is C18H24N2O5. The van der Waals surface area contributed by atoms with E-state index in [2.05, 4.69) is 0 Å². The number of hydrazine groups is 1. The van der Waals surface area contributed by atoms with Crippen LogP contribution >= 0.6 is 0 Å². The minimum atomic E-state index is -1.29. The van der Waals surface area contributed by atoms with Crippen LogP contribution in [0.4, 0.5) is 4.79 Å². The maximum atomic E-state index is 12.5. The lowest BCUT2D eigenvalue weighted by atomic mass is 10.1. The van der Waals surface area contributed by atoms with Crippen LogP contribution in [0.5, 0.6) is 0 Å². The largest absolute Gasteiger partial charge is 0.478 e. The van der Waals surface area contributed by atoms with Gasteiger partial charge in [0.05, 0.1) is 0 Å². The van der Waals surface area contributed by atoms with Gasteiger partial charge in [-0.2, -0.15) is 0 Å². The Labute approximate surface area is 147 Å². The summed E-state index contributed by atoms with van der Waals surface area (Å²) in [5, 5.41) is 12.0. The second kappa shape index (κ2) is 9.05. The molecule has 2 rings (SSSR count). The average molecular weight is 348 g/mol. The van der Waals surface area contributed by atoms with Gasteiger partial charge in [0.15, 0.2) is 0 Å². The first kappa shape index (κ1) is 18.8. The molecule has 1 aromatic carbocycles. The van der Waals surface area contributed by atoms with E-state index in [1.807, 2.05) is 13.0 Å². The van der Waals surface area contributed by atoms with E-state index in [-0.39, 0.29) is 12.3 Å². The van der Waals surface area contributed by atoms with Crippen LogP contribution in [0.25, 0.3) is 0 Å². The standard InChI is InChI=1S/C18H24N2O5/c1-2-8-16(21)19-11-6-7-12-20(19)18(24)25-15(17(22)23)13-14-9-4-3-5-10-14/h3-5,9-10,15H,2,6-8,11-13H2,1H3,(H,22,23)/t15-/m0/s1. The summed E-state index contributed by atoms with van der Waals surface area (Å²) in [6.45, 7) is 2.70. The molecule has 7 nitrogen and oxygen atoms in total. The van der Waals surface area contributed by atoms with Crippen LogP contribution in [0.15, 0.2) is 30.3 Å². The predicted molar refractivity (Wildman–Crippen MR) is 90.6 cm³/mol. The zero-order valence-corrected chi connectivity index (χ0v) is 14.4. The fraction of sp³-hybridized carbons (Fsp3) is 0.500. The maximum Gasteiger partial charge on any atom is 0.429 e. The highest BCUT2D eigenvalue weighted by molar-refractivity contribution is 5.81. The molecule has 1 atom stereocenters. The van der Waals surface area contributed by atoms with Gasteiger partial charge >= 0.3 is 12.1 Å². The van der Waals surface area contributed by atoms with Crippen LogP contribution in [0.1, 0.15) is 38.2 Å². The Balaban J connectivity index is 2.05. The number of hydrogen-bond donors (Lipinski definition) is 1. The van der Waals surface area contributed by atoms with Gasteiger partial charge in [-0.25, -0.2) is 19.6 Å². The number of carbonyl (C=O) groups is 3. The van der Waals surface area contributed by atoms with E-state index in [0.717, 1.165) is 18.4 Å². The number of benzene rings is 1. The van der Waals surface area contributed by atoms with Crippen molar-refractivity contribution in [3.05, 3.63) is 35.9 Å². The van der Waals surface area contributed by atoms with Gasteiger partial charge < -0.3 is 9.84 Å². The Morgan fingerprint density at radius 1 is 1.12 bits per heavy atom. The zero-order chi connectivity index (χ0) is 18.2. The number of carbonyl (C=O) groups excluding carboxylic acids is 2. The second-order valence-electron chi connectivity index (χ2n) is 6.00. The minimum Gasteiger partial charge on any atom is -0.478 e. The predicted octanol–water partition coefficient (Wildman–Crippen LogP) is 2.46. The summed E-state index contributed by atoms with van der Waals surface area (Å²) < 4.78 is 5.21. The number of ether oxygens (including phenoxy) is 1. The van der Waals surface area contributed by atoms with Gasteiger partial charge in [0, 0.05) is 25.9 Å². The van der Waals surface area contributed by atoms with Crippen molar-refractivity contribution in [3.63, 3.8) is 0 Å². The summed E-state index contributed by atoms with van der Waals surface area (Å²) in [6.07, 6.45) is 0.596. The molecule has 0 aromatic heterocycles. The van der Waals surface area contributed by atoms with Crippen LogP contribution < -0.4 is 0 Å². The van der Waals surface area contributed by atoms with E-state index in [1.165, 1.54) is 10.0 Å². The molecular weight excluding hydrogens is 324 g/mol. The fourth-order valence-corrected chi connectivity index (χ4v) is 2.75. The first-order valence-corrected chi connectivity index (χ1v) is 8.58. The van der Waals surface area contributed by atoms with Crippen molar-refractivity contribution in [1.82, 2.24) is 10.0 Å². The summed E-state index contributed by atoms with van der Waals surface area (Å²) in [5.41, 5.74) is 0.764. The van der Waals surface area contributed by atoms with Crippen molar-refractivity contribution < 1.29 is 24.2 Å². The first-order chi connectivity index (χ1) is 12.0. The van der Waals surface area contributed by atoms with Gasteiger partial charge in [0.2, 0.25) is 12.0 Å². The van der Waals surface area contributed by atoms with E-state index in [9.17, 15) is 19.5 Å². The lowest BCUT2D eigenvalue weighted by Gasteiger charge is -2.38. The molecule has 7 heteroatoms. The summed E-state index contributed by atoms with van der Waals surface area (Å²) in [5.74, 6) is -1.35. The van der Waals surface area contributed by atoms with Gasteiger partial charge in [-0.1, -0.05) is 37.3 Å². The number of amides is 2. The van der Waals surface area contributed by atoms with Crippen molar-refractivity contribution in [2.24, 2.45) is 0 Å². The normalized spacial score (nSPS) is 15.6. The van der Waals surface area contributed by atoms with E-state index in [4.69, 9.17) is 4.74 Å². The molecule has 0 bridgehead atoms. The average Bonchev–Trinajstić information content (AvgIpc) is 2.62. The third kappa shape index (κ3) is 5.20. The van der Waals surface area contributed by atoms with Crippen molar-refractivity contribution in [2.75, 3.05) is 13.1 Å². The quantitative estimate of drug-likeness (QED) is 0.853. The molecule has 136 valence electrons. The molecule has 1 saturated heterocycles. The monoisotopic (exact) mass is 348 g/mol. The molecule has 1 N–H and O–H groups in total. The summed E-state index contributed by atoms with van der Waals surface area (Å²) in [6, 6.07) is 8.98. The van der Waals surface area contributed by atoms with Crippen LogP contribution in [0.3, 0.4) is 0 Å². The third-order valence-electron chi connectivity index (χ3n) is 4.03. The number of carboxylic acid groups (broad SMARTS) is 1. The summed E-state index contributed by atoms with van der Waals surface area (Å²) in [4.78, 5) is 36.1. The van der Waals surface area contributed by atoms with Gasteiger partial charge in [-0.05, 0) is 24.8 Å². The van der Waals surface area contributed by atoms with E-state index < -0.39 is 18.2 Å². The summed E-state index contributed by atoms with van der Waals surface area (Å²) >= 11 is 0. The number of aliphatic carboxylic acids is 1. The first-order valence-electron chi connectivity index (χ1n) is 8.58. The molecule has 1 aliphatic heterocycles. The molecule has 0 saturated carbocycles. The van der Waals surface area contributed by atoms with Crippen LogP contribution in [-0.4, -0.2) is 52.3 Å². The minimum absolute atomic E-state index is 0.0820. The summed E-state index contributed by atoms with van der Waals surface area (Å²) in [7, 11) is 0. The molecule has 0 spiro atoms. The number of hydrogen-bond acceptors (Lipinski definition) is 4. The van der Waals surface area contributed by atoms with Crippen LogP contribution in [0, 0.1) is 0 Å². The van der Waals surface area contributed by atoms with E-state index in [0.29, 0.717) is 25.9 Å². The van der Waals surface area contributed by atoms with E-state index in [1.54, 1.807) is 24.3 Å². The van der Waals surface area contributed by atoms with E-state index >= 15 is 0 Å². The van der Waals surface area contributed by atoms with Gasteiger partial charge in [0.25, 0.3) is 0 Å². The lowest BCUT2D eigenvalue weighted by molar-refractivity contribution is -0.154. The molecule has 1 heterocycles. The molecule has 0 radical (unpaired) electrons. The molecule has 1 aromatic rings. The van der Waals surface area contributed by atoms with Gasteiger partial charge in [-0.3, -0.25) is 4.79 Å². The van der Waals surface area contributed by atoms with Crippen molar-refractivity contribution in [2.45, 2.75) is 45.1 Å². The number of nitrogens with zero attached hydrogens (tertiary/aromatic N) is 2. The van der Waals surface area contributed by atoms with Crippen LogP contribution in [0.2, 0.25) is 0 Å².